The normalized spacial score (nSPS) is 16.8. The zero-order valence-electron chi connectivity index (χ0n) is 17.0. The number of ether oxygens (including phenoxy) is 2. The summed E-state index contributed by atoms with van der Waals surface area (Å²) in [6, 6.07) is 16.7. The quantitative estimate of drug-likeness (QED) is 0.532. The summed E-state index contributed by atoms with van der Waals surface area (Å²) < 4.78 is 11.4. The molecule has 1 fully saturated rings. The van der Waals surface area contributed by atoms with E-state index >= 15 is 0 Å². The third-order valence-corrected chi connectivity index (χ3v) is 5.18. The molecule has 2 aromatic carbocycles. The Balaban J connectivity index is 1.31. The number of nitrogens with zero attached hydrogens (tertiary/aromatic N) is 2. The SMILES string of the molecule is Cc1cccc(C)c1OCCO[C@@H](O)CN1CCN(Cc2ccccc2)CC1. The van der Waals surface area contributed by atoms with Crippen molar-refractivity contribution in [1.29, 1.82) is 0 Å². The lowest BCUT2D eigenvalue weighted by molar-refractivity contribution is -0.121. The van der Waals surface area contributed by atoms with Gasteiger partial charge >= 0.3 is 0 Å². The minimum absolute atomic E-state index is 0.378. The maximum Gasteiger partial charge on any atom is 0.167 e. The number of hydrogen-bond donors (Lipinski definition) is 1. The van der Waals surface area contributed by atoms with Crippen molar-refractivity contribution in [3.05, 3.63) is 65.2 Å². The minimum atomic E-state index is -0.776. The molecule has 1 atom stereocenters. The molecule has 1 aliphatic heterocycles. The number of benzene rings is 2. The molecule has 1 aliphatic rings. The summed E-state index contributed by atoms with van der Waals surface area (Å²) >= 11 is 0. The van der Waals surface area contributed by atoms with E-state index in [-0.39, 0.29) is 0 Å². The molecule has 152 valence electrons. The maximum atomic E-state index is 10.2. The van der Waals surface area contributed by atoms with Crippen molar-refractivity contribution in [2.45, 2.75) is 26.7 Å². The molecular weight excluding hydrogens is 352 g/mol. The highest BCUT2D eigenvalue weighted by atomic mass is 16.6. The van der Waals surface area contributed by atoms with Gasteiger partial charge in [0, 0.05) is 39.3 Å². The molecule has 0 aliphatic carbocycles. The lowest BCUT2D eigenvalue weighted by Crippen LogP contribution is -2.48. The van der Waals surface area contributed by atoms with Crippen LogP contribution in [0.15, 0.2) is 48.5 Å². The van der Waals surface area contributed by atoms with Crippen molar-refractivity contribution in [2.24, 2.45) is 0 Å². The summed E-state index contributed by atoms with van der Waals surface area (Å²) in [7, 11) is 0. The molecule has 1 saturated heterocycles. The summed E-state index contributed by atoms with van der Waals surface area (Å²) in [6.07, 6.45) is -0.776. The van der Waals surface area contributed by atoms with Crippen LogP contribution in [0, 0.1) is 13.8 Å². The summed E-state index contributed by atoms with van der Waals surface area (Å²) in [4.78, 5) is 4.72. The second-order valence-corrected chi connectivity index (χ2v) is 7.46. The zero-order valence-corrected chi connectivity index (χ0v) is 17.0. The van der Waals surface area contributed by atoms with Crippen LogP contribution in [0.2, 0.25) is 0 Å². The lowest BCUT2D eigenvalue weighted by atomic mass is 10.1. The van der Waals surface area contributed by atoms with E-state index in [1.54, 1.807) is 0 Å². The zero-order chi connectivity index (χ0) is 19.8. The van der Waals surface area contributed by atoms with Gasteiger partial charge in [-0.15, -0.1) is 0 Å². The highest BCUT2D eigenvalue weighted by Gasteiger charge is 2.19. The van der Waals surface area contributed by atoms with E-state index in [1.807, 2.05) is 32.0 Å². The molecule has 0 aromatic heterocycles. The number of aryl methyl sites for hydroxylation is 2. The fourth-order valence-electron chi connectivity index (χ4n) is 3.60. The first-order valence-electron chi connectivity index (χ1n) is 10.1. The minimum Gasteiger partial charge on any atom is -0.491 e. The predicted octanol–water partition coefficient (Wildman–Crippen LogP) is 2.84. The van der Waals surface area contributed by atoms with Gasteiger partial charge in [-0.25, -0.2) is 0 Å². The summed E-state index contributed by atoms with van der Waals surface area (Å²) in [6.45, 7) is 10.3. The van der Waals surface area contributed by atoms with E-state index in [4.69, 9.17) is 9.47 Å². The van der Waals surface area contributed by atoms with Crippen molar-refractivity contribution < 1.29 is 14.6 Å². The number of aliphatic hydroxyl groups excluding tert-OH is 1. The fourth-order valence-corrected chi connectivity index (χ4v) is 3.60. The van der Waals surface area contributed by atoms with Crippen LogP contribution < -0.4 is 4.74 Å². The lowest BCUT2D eigenvalue weighted by Gasteiger charge is -2.35. The molecule has 1 heterocycles. The molecule has 0 radical (unpaired) electrons. The molecule has 5 nitrogen and oxygen atoms in total. The Labute approximate surface area is 168 Å². The second kappa shape index (κ2) is 10.6. The number of piperazine rings is 1. The van der Waals surface area contributed by atoms with Crippen molar-refractivity contribution in [1.82, 2.24) is 9.80 Å². The first kappa shape index (κ1) is 20.8. The van der Waals surface area contributed by atoms with E-state index in [2.05, 4.69) is 40.1 Å². The molecule has 0 spiro atoms. The van der Waals surface area contributed by atoms with E-state index in [1.165, 1.54) is 5.56 Å². The van der Waals surface area contributed by atoms with Crippen LogP contribution in [-0.4, -0.2) is 67.1 Å². The first-order valence-corrected chi connectivity index (χ1v) is 10.1. The number of para-hydroxylation sites is 1. The molecule has 3 rings (SSSR count). The highest BCUT2D eigenvalue weighted by Crippen LogP contribution is 2.22. The molecule has 0 bridgehead atoms. The Morgan fingerprint density at radius 2 is 1.50 bits per heavy atom. The van der Waals surface area contributed by atoms with Crippen LogP contribution in [0.4, 0.5) is 0 Å². The Morgan fingerprint density at radius 1 is 0.857 bits per heavy atom. The van der Waals surface area contributed by atoms with E-state index in [0.717, 1.165) is 49.6 Å². The number of aliphatic hydroxyl groups is 1. The highest BCUT2D eigenvalue weighted by molar-refractivity contribution is 5.39. The summed E-state index contributed by atoms with van der Waals surface area (Å²) in [5.74, 6) is 0.912. The summed E-state index contributed by atoms with van der Waals surface area (Å²) in [5, 5.41) is 10.2. The number of β-amino-alcohol motifs (C(OH)–C–C–N with tert-alkyl or cyclic N) is 1. The van der Waals surface area contributed by atoms with Crippen LogP contribution in [0.5, 0.6) is 5.75 Å². The van der Waals surface area contributed by atoms with Crippen molar-refractivity contribution in [3.63, 3.8) is 0 Å². The molecule has 0 unspecified atom stereocenters. The molecule has 5 heteroatoms. The van der Waals surface area contributed by atoms with Gasteiger partial charge in [0.2, 0.25) is 0 Å². The Morgan fingerprint density at radius 3 is 2.18 bits per heavy atom. The van der Waals surface area contributed by atoms with Crippen LogP contribution >= 0.6 is 0 Å². The van der Waals surface area contributed by atoms with Gasteiger partial charge in [-0.05, 0) is 30.5 Å². The molecule has 2 aromatic rings. The van der Waals surface area contributed by atoms with Gasteiger partial charge in [0.25, 0.3) is 0 Å². The predicted molar refractivity (Wildman–Crippen MR) is 112 cm³/mol. The van der Waals surface area contributed by atoms with Crippen molar-refractivity contribution in [2.75, 3.05) is 45.9 Å². The fraction of sp³-hybridized carbons (Fsp3) is 0.478. The van der Waals surface area contributed by atoms with Crippen LogP contribution in [0.25, 0.3) is 0 Å². The molecule has 1 N–H and O–H groups in total. The van der Waals surface area contributed by atoms with Gasteiger partial charge in [-0.3, -0.25) is 9.80 Å². The van der Waals surface area contributed by atoms with E-state index in [9.17, 15) is 5.11 Å². The molecule has 0 amide bonds. The van der Waals surface area contributed by atoms with Crippen molar-refractivity contribution in [3.8, 4) is 5.75 Å². The van der Waals surface area contributed by atoms with Gasteiger partial charge in [0.05, 0.1) is 6.61 Å². The smallest absolute Gasteiger partial charge is 0.167 e. The van der Waals surface area contributed by atoms with E-state index in [0.29, 0.717) is 19.8 Å². The van der Waals surface area contributed by atoms with Crippen LogP contribution in [0.3, 0.4) is 0 Å². The maximum absolute atomic E-state index is 10.2. The third-order valence-electron chi connectivity index (χ3n) is 5.18. The monoisotopic (exact) mass is 384 g/mol. The third kappa shape index (κ3) is 6.31. The average molecular weight is 385 g/mol. The Hall–Kier alpha value is -1.92. The van der Waals surface area contributed by atoms with Gasteiger partial charge in [0.15, 0.2) is 6.29 Å². The van der Waals surface area contributed by atoms with Gasteiger partial charge in [-0.2, -0.15) is 0 Å². The van der Waals surface area contributed by atoms with Gasteiger partial charge in [-0.1, -0.05) is 48.5 Å². The number of hydrogen-bond acceptors (Lipinski definition) is 5. The Bertz CT molecular complexity index is 695. The molecule has 28 heavy (non-hydrogen) atoms. The second-order valence-electron chi connectivity index (χ2n) is 7.46. The summed E-state index contributed by atoms with van der Waals surface area (Å²) in [5.41, 5.74) is 3.59. The molecule has 0 saturated carbocycles. The largest absolute Gasteiger partial charge is 0.491 e. The van der Waals surface area contributed by atoms with Gasteiger partial charge in [0.1, 0.15) is 12.4 Å². The number of rotatable bonds is 9. The van der Waals surface area contributed by atoms with Crippen LogP contribution in [-0.2, 0) is 11.3 Å². The van der Waals surface area contributed by atoms with E-state index < -0.39 is 6.29 Å². The van der Waals surface area contributed by atoms with Crippen molar-refractivity contribution >= 4 is 0 Å². The molecular formula is C23H32N2O3. The standard InChI is InChI=1S/C23H32N2O3/c1-19-7-6-8-20(2)23(19)28-16-15-27-22(26)18-25-13-11-24(12-14-25)17-21-9-4-3-5-10-21/h3-10,22,26H,11-18H2,1-2H3/t22-/m1/s1. The topological polar surface area (TPSA) is 45.2 Å². The Kier molecular flexibility index (Phi) is 7.86. The first-order chi connectivity index (χ1) is 13.6. The van der Waals surface area contributed by atoms with Gasteiger partial charge < -0.3 is 14.6 Å². The average Bonchev–Trinajstić information content (AvgIpc) is 2.69. The van der Waals surface area contributed by atoms with Crippen LogP contribution in [0.1, 0.15) is 16.7 Å².